The second kappa shape index (κ2) is 9.55. The molecular weight excluding hydrogens is 381 g/mol. The van der Waals surface area contributed by atoms with Crippen LogP contribution in [0.3, 0.4) is 0 Å². The topological polar surface area (TPSA) is 103 Å². The third kappa shape index (κ3) is 5.05. The monoisotopic (exact) mass is 407 g/mol. The highest BCUT2D eigenvalue weighted by Gasteiger charge is 2.24. The molecule has 0 radical (unpaired) electrons. The molecule has 0 atom stereocenters. The number of anilines is 1. The minimum absolute atomic E-state index is 0.0970. The average Bonchev–Trinajstić information content (AvgIpc) is 2.73. The highest BCUT2D eigenvalue weighted by Crippen LogP contribution is 2.29. The van der Waals surface area contributed by atoms with Gasteiger partial charge in [-0.3, -0.25) is 15.3 Å². The Kier molecular flexibility index (Phi) is 6.85. The Morgan fingerprint density at radius 1 is 1.27 bits per heavy atom. The fraction of sp³-hybridized carbons (Fsp3) is 0.409. The van der Waals surface area contributed by atoms with Crippen molar-refractivity contribution in [3.63, 3.8) is 0 Å². The summed E-state index contributed by atoms with van der Waals surface area (Å²) in [4.78, 5) is 8.67. The Morgan fingerprint density at radius 3 is 2.57 bits per heavy atom. The molecule has 156 valence electrons. The molecule has 0 amide bonds. The summed E-state index contributed by atoms with van der Waals surface area (Å²) >= 11 is 0. The molecule has 0 saturated carbocycles. The lowest BCUT2D eigenvalue weighted by atomic mass is 9.98. The molecular formula is C22H26FN7. The van der Waals surface area contributed by atoms with Gasteiger partial charge in [0.2, 0.25) is 0 Å². The Labute approximate surface area is 176 Å². The highest BCUT2D eigenvalue weighted by atomic mass is 19.1. The zero-order valence-electron chi connectivity index (χ0n) is 17.3. The summed E-state index contributed by atoms with van der Waals surface area (Å²) in [7, 11) is 0. The number of benzene rings is 1. The summed E-state index contributed by atoms with van der Waals surface area (Å²) in [5.74, 6) is -0.462. The molecule has 2 heterocycles. The van der Waals surface area contributed by atoms with Gasteiger partial charge in [0, 0.05) is 38.9 Å². The van der Waals surface area contributed by atoms with Crippen molar-refractivity contribution < 1.29 is 4.39 Å². The first kappa shape index (κ1) is 21.5. The van der Waals surface area contributed by atoms with Crippen LogP contribution in [-0.2, 0) is 13.0 Å². The van der Waals surface area contributed by atoms with E-state index in [2.05, 4.69) is 39.8 Å². The molecule has 2 aromatic rings. The van der Waals surface area contributed by atoms with Crippen molar-refractivity contribution in [3.8, 4) is 6.07 Å². The number of nitriles is 1. The molecule has 1 fully saturated rings. The number of piperazine rings is 1. The number of nitrogens with zero attached hydrogens (tertiary/aromatic N) is 5. The van der Waals surface area contributed by atoms with E-state index < -0.39 is 5.82 Å². The Bertz CT molecular complexity index is 955. The first-order valence-corrected chi connectivity index (χ1v) is 10.0. The molecule has 1 aromatic heterocycles. The molecule has 8 heteroatoms. The van der Waals surface area contributed by atoms with Crippen molar-refractivity contribution in [2.24, 2.45) is 11.0 Å². The molecule has 3 rings (SSSR count). The third-order valence-corrected chi connectivity index (χ3v) is 5.17. The normalized spacial score (nSPS) is 14.6. The lowest BCUT2D eigenvalue weighted by Gasteiger charge is -2.37. The van der Waals surface area contributed by atoms with Crippen LogP contribution in [0.1, 0.15) is 36.2 Å². The van der Waals surface area contributed by atoms with Crippen LogP contribution in [0.5, 0.6) is 0 Å². The molecule has 0 bridgehead atoms. The smallest absolute Gasteiger partial charge is 0.178 e. The molecule has 1 aromatic carbocycles. The van der Waals surface area contributed by atoms with E-state index in [0.29, 0.717) is 36.8 Å². The molecule has 0 aliphatic carbocycles. The molecule has 2 N–H and O–H groups in total. The van der Waals surface area contributed by atoms with E-state index in [-0.39, 0.29) is 11.4 Å². The fourth-order valence-electron chi connectivity index (χ4n) is 3.74. The molecule has 30 heavy (non-hydrogen) atoms. The van der Waals surface area contributed by atoms with Gasteiger partial charge in [0.15, 0.2) is 5.84 Å². The van der Waals surface area contributed by atoms with Crippen molar-refractivity contribution in [2.45, 2.75) is 26.8 Å². The quantitative estimate of drug-likeness (QED) is 0.429. The van der Waals surface area contributed by atoms with Crippen LogP contribution in [0.4, 0.5) is 10.1 Å². The van der Waals surface area contributed by atoms with Crippen LogP contribution in [0.25, 0.3) is 0 Å². The second-order valence-electron chi connectivity index (χ2n) is 7.94. The fourth-order valence-corrected chi connectivity index (χ4v) is 3.74. The van der Waals surface area contributed by atoms with Crippen molar-refractivity contribution in [1.82, 2.24) is 9.88 Å². The summed E-state index contributed by atoms with van der Waals surface area (Å²) in [6.07, 6.45) is 2.33. The minimum Gasteiger partial charge on any atom is -0.368 e. The maximum Gasteiger partial charge on any atom is 0.178 e. The van der Waals surface area contributed by atoms with Gasteiger partial charge in [0.05, 0.1) is 22.5 Å². The van der Waals surface area contributed by atoms with Crippen molar-refractivity contribution >= 4 is 11.5 Å². The Hall–Kier alpha value is -3.18. The van der Waals surface area contributed by atoms with Crippen LogP contribution in [0, 0.1) is 34.0 Å². The predicted octanol–water partition coefficient (Wildman–Crippen LogP) is 3.97. The van der Waals surface area contributed by atoms with Crippen LogP contribution >= 0.6 is 0 Å². The zero-order valence-corrected chi connectivity index (χ0v) is 17.3. The van der Waals surface area contributed by atoms with Gasteiger partial charge in [-0.2, -0.15) is 5.26 Å². The van der Waals surface area contributed by atoms with E-state index in [1.807, 2.05) is 12.1 Å². The summed E-state index contributed by atoms with van der Waals surface area (Å²) in [5, 5.41) is 20.0. The number of amidine groups is 1. The number of halogens is 1. The van der Waals surface area contributed by atoms with Crippen LogP contribution in [-0.4, -0.2) is 41.9 Å². The standard InChI is InChI=1S/C22H26FN7/c1-15(2)9-17-10-19(23)21(22(25)28-26)20(11-17)30-7-5-29(6-8-30)14-18-4-3-16(12-24)13-27-18/h3-4,10-11,13,15,25-26H,5-9,14H2,1-2H3. The van der Waals surface area contributed by atoms with E-state index in [9.17, 15) is 4.39 Å². The lowest BCUT2D eigenvalue weighted by molar-refractivity contribution is 0.247. The van der Waals surface area contributed by atoms with Crippen molar-refractivity contribution in [3.05, 3.63) is 58.7 Å². The molecule has 1 aliphatic rings. The largest absolute Gasteiger partial charge is 0.368 e. The van der Waals surface area contributed by atoms with Crippen molar-refractivity contribution in [1.29, 1.82) is 16.2 Å². The first-order valence-electron chi connectivity index (χ1n) is 10.0. The van der Waals surface area contributed by atoms with E-state index in [1.165, 1.54) is 6.07 Å². The summed E-state index contributed by atoms with van der Waals surface area (Å²) in [5.41, 5.74) is 10.3. The van der Waals surface area contributed by atoms with Crippen LogP contribution in [0.15, 0.2) is 35.6 Å². The molecule has 0 spiro atoms. The van der Waals surface area contributed by atoms with Crippen molar-refractivity contribution in [2.75, 3.05) is 31.1 Å². The number of hydrogen-bond acceptors (Lipinski definition) is 6. The molecule has 1 saturated heterocycles. The Morgan fingerprint density at radius 2 is 2.00 bits per heavy atom. The summed E-state index contributed by atoms with van der Waals surface area (Å²) in [6.45, 7) is 7.75. The molecule has 0 unspecified atom stereocenters. The lowest BCUT2D eigenvalue weighted by Crippen LogP contribution is -2.46. The maximum absolute atomic E-state index is 14.8. The van der Waals surface area contributed by atoms with E-state index in [0.717, 1.165) is 30.8 Å². The third-order valence-electron chi connectivity index (χ3n) is 5.17. The SMILES string of the molecule is CC(C)Cc1cc(F)c(C(=N)N=N)c(N2CCN(Cc3ccc(C#N)cn3)CC2)c1. The number of pyridine rings is 1. The maximum atomic E-state index is 14.8. The second-order valence-corrected chi connectivity index (χ2v) is 7.94. The summed E-state index contributed by atoms with van der Waals surface area (Å²) in [6, 6.07) is 9.11. The first-order chi connectivity index (χ1) is 14.4. The van der Waals surface area contributed by atoms with E-state index in [4.69, 9.17) is 16.2 Å². The Balaban J connectivity index is 1.76. The highest BCUT2D eigenvalue weighted by molar-refractivity contribution is 6.02. The van der Waals surface area contributed by atoms with Crippen LogP contribution in [0.2, 0.25) is 0 Å². The van der Waals surface area contributed by atoms with Gasteiger partial charge in [0.25, 0.3) is 0 Å². The number of nitrogens with one attached hydrogen (secondary N) is 2. The minimum atomic E-state index is -0.492. The zero-order chi connectivity index (χ0) is 21.7. The van der Waals surface area contributed by atoms with Gasteiger partial charge < -0.3 is 4.90 Å². The van der Waals surface area contributed by atoms with Gasteiger partial charge in [0.1, 0.15) is 11.9 Å². The average molecular weight is 407 g/mol. The number of hydrogen-bond donors (Lipinski definition) is 2. The van der Waals surface area contributed by atoms with Gasteiger partial charge in [-0.05, 0) is 42.2 Å². The van der Waals surface area contributed by atoms with Gasteiger partial charge >= 0.3 is 0 Å². The summed E-state index contributed by atoms with van der Waals surface area (Å²) < 4.78 is 14.8. The van der Waals surface area contributed by atoms with E-state index >= 15 is 0 Å². The van der Waals surface area contributed by atoms with E-state index in [1.54, 1.807) is 12.3 Å². The number of rotatable bonds is 6. The molecule has 7 nitrogen and oxygen atoms in total. The van der Waals surface area contributed by atoms with Crippen LogP contribution < -0.4 is 4.90 Å². The van der Waals surface area contributed by atoms with Gasteiger partial charge in [-0.25, -0.2) is 9.92 Å². The molecule has 1 aliphatic heterocycles. The predicted molar refractivity (Wildman–Crippen MR) is 113 cm³/mol. The van der Waals surface area contributed by atoms with Gasteiger partial charge in [-0.1, -0.05) is 13.8 Å². The van der Waals surface area contributed by atoms with Gasteiger partial charge in [-0.15, -0.1) is 5.11 Å². The number of aromatic nitrogens is 1.